The van der Waals surface area contributed by atoms with Crippen molar-refractivity contribution in [3.05, 3.63) is 71.9 Å². The molecule has 0 spiro atoms. The van der Waals surface area contributed by atoms with Gasteiger partial charge in [0.15, 0.2) is 0 Å². The molecule has 0 aliphatic carbocycles. The van der Waals surface area contributed by atoms with E-state index in [0.29, 0.717) is 23.6 Å². The molecule has 134 valence electrons. The fourth-order valence-electron chi connectivity index (χ4n) is 2.80. The van der Waals surface area contributed by atoms with E-state index >= 15 is 0 Å². The van der Waals surface area contributed by atoms with Crippen LogP contribution in [0.4, 0.5) is 0 Å². The van der Waals surface area contributed by atoms with Crippen molar-refractivity contribution in [2.75, 3.05) is 0 Å². The number of carboxylic acids is 1. The lowest BCUT2D eigenvalue weighted by molar-refractivity contribution is 0.0697. The van der Waals surface area contributed by atoms with E-state index in [-0.39, 0.29) is 11.1 Å². The molecular formula is C21H22N2O3. The first-order valence-corrected chi connectivity index (χ1v) is 8.46. The van der Waals surface area contributed by atoms with Gasteiger partial charge in [-0.1, -0.05) is 42.5 Å². The smallest absolute Gasteiger partial charge is 0.339 e. The van der Waals surface area contributed by atoms with Crippen LogP contribution in [0.2, 0.25) is 0 Å². The molecule has 0 saturated heterocycles. The van der Waals surface area contributed by atoms with E-state index in [1.165, 1.54) is 6.20 Å². The summed E-state index contributed by atoms with van der Waals surface area (Å²) in [5, 5.41) is 13.9. The van der Waals surface area contributed by atoms with E-state index in [1.54, 1.807) is 4.68 Å². The molecule has 0 fully saturated rings. The first-order valence-electron chi connectivity index (χ1n) is 8.46. The number of para-hydroxylation sites is 1. The second kappa shape index (κ2) is 7.04. The van der Waals surface area contributed by atoms with E-state index in [1.807, 2.05) is 75.4 Å². The highest BCUT2D eigenvalue weighted by molar-refractivity contribution is 5.95. The average molecular weight is 350 g/mol. The molecule has 0 saturated carbocycles. The molecule has 1 heterocycles. The van der Waals surface area contributed by atoms with Crippen LogP contribution in [0.5, 0.6) is 5.75 Å². The van der Waals surface area contributed by atoms with Crippen LogP contribution in [-0.4, -0.2) is 20.9 Å². The van der Waals surface area contributed by atoms with Crippen LogP contribution < -0.4 is 4.74 Å². The lowest BCUT2D eigenvalue weighted by atomic mass is 10.0. The molecule has 5 heteroatoms. The fourth-order valence-corrected chi connectivity index (χ4v) is 2.80. The zero-order valence-electron chi connectivity index (χ0n) is 15.1. The third kappa shape index (κ3) is 3.61. The number of carbonyl (C=O) groups is 1. The molecule has 0 bridgehead atoms. The number of benzene rings is 2. The Labute approximate surface area is 152 Å². The first kappa shape index (κ1) is 17.7. The van der Waals surface area contributed by atoms with Gasteiger partial charge < -0.3 is 9.84 Å². The van der Waals surface area contributed by atoms with Crippen LogP contribution in [0.1, 0.15) is 36.7 Å². The standard InChI is InChI=1S/C21H22N2O3/c1-21(2,3)23-19(17(13-22-23)20(24)25)16-11-7-8-12-18(16)26-14-15-9-5-4-6-10-15/h4-13H,14H2,1-3H3,(H,24,25). The molecule has 26 heavy (non-hydrogen) atoms. The Morgan fingerprint density at radius 3 is 2.38 bits per heavy atom. The normalized spacial score (nSPS) is 11.3. The van der Waals surface area contributed by atoms with E-state index < -0.39 is 5.97 Å². The Morgan fingerprint density at radius 1 is 1.08 bits per heavy atom. The summed E-state index contributed by atoms with van der Waals surface area (Å²) >= 11 is 0. The van der Waals surface area contributed by atoms with Crippen molar-refractivity contribution in [3.63, 3.8) is 0 Å². The number of carboxylic acid groups (broad SMARTS) is 1. The van der Waals surface area contributed by atoms with Gasteiger partial charge in [-0.3, -0.25) is 4.68 Å². The highest BCUT2D eigenvalue weighted by Gasteiger charge is 2.26. The molecule has 0 unspecified atom stereocenters. The van der Waals surface area contributed by atoms with Crippen LogP contribution in [0.15, 0.2) is 60.8 Å². The SMILES string of the molecule is CC(C)(C)n1ncc(C(=O)O)c1-c1ccccc1OCc1ccccc1. The largest absolute Gasteiger partial charge is 0.488 e. The van der Waals surface area contributed by atoms with Gasteiger partial charge in [-0.05, 0) is 38.5 Å². The molecule has 1 N–H and O–H groups in total. The minimum atomic E-state index is -1.01. The van der Waals surface area contributed by atoms with Crippen molar-refractivity contribution >= 4 is 5.97 Å². The predicted molar refractivity (Wildman–Crippen MR) is 100 cm³/mol. The maximum absolute atomic E-state index is 11.7. The number of rotatable bonds is 5. The quantitative estimate of drug-likeness (QED) is 0.731. The minimum absolute atomic E-state index is 0.163. The number of hydrogen-bond donors (Lipinski definition) is 1. The van der Waals surface area contributed by atoms with Crippen molar-refractivity contribution in [3.8, 4) is 17.0 Å². The monoisotopic (exact) mass is 350 g/mol. The van der Waals surface area contributed by atoms with E-state index in [2.05, 4.69) is 5.10 Å². The van der Waals surface area contributed by atoms with E-state index in [4.69, 9.17) is 4.74 Å². The van der Waals surface area contributed by atoms with Gasteiger partial charge in [0.2, 0.25) is 0 Å². The lowest BCUT2D eigenvalue weighted by Crippen LogP contribution is -2.24. The van der Waals surface area contributed by atoms with Crippen molar-refractivity contribution in [1.29, 1.82) is 0 Å². The minimum Gasteiger partial charge on any atom is -0.488 e. The number of aromatic carboxylic acids is 1. The van der Waals surface area contributed by atoms with Gasteiger partial charge in [0, 0.05) is 5.56 Å². The summed E-state index contributed by atoms with van der Waals surface area (Å²) in [6.07, 6.45) is 1.40. The summed E-state index contributed by atoms with van der Waals surface area (Å²) in [5.74, 6) is -0.377. The number of ether oxygens (including phenoxy) is 1. The number of hydrogen-bond acceptors (Lipinski definition) is 3. The molecule has 0 aliphatic rings. The Kier molecular flexibility index (Phi) is 4.80. The van der Waals surface area contributed by atoms with Crippen molar-refractivity contribution < 1.29 is 14.6 Å². The average Bonchev–Trinajstić information content (AvgIpc) is 3.07. The molecule has 2 aromatic carbocycles. The molecular weight excluding hydrogens is 328 g/mol. The number of aromatic nitrogens is 2. The summed E-state index contributed by atoms with van der Waals surface area (Å²) in [5.41, 5.74) is 2.11. The first-order chi connectivity index (χ1) is 12.4. The van der Waals surface area contributed by atoms with Gasteiger partial charge in [0.25, 0.3) is 0 Å². The topological polar surface area (TPSA) is 64.4 Å². The predicted octanol–water partition coefficient (Wildman–Crippen LogP) is 4.58. The van der Waals surface area contributed by atoms with Crippen LogP contribution in [-0.2, 0) is 12.1 Å². The molecule has 5 nitrogen and oxygen atoms in total. The zero-order valence-corrected chi connectivity index (χ0v) is 15.1. The maximum atomic E-state index is 11.7. The Bertz CT molecular complexity index is 909. The Balaban J connectivity index is 2.05. The second-order valence-corrected chi connectivity index (χ2v) is 7.07. The van der Waals surface area contributed by atoms with Crippen molar-refractivity contribution in [2.24, 2.45) is 0 Å². The third-order valence-electron chi connectivity index (χ3n) is 4.01. The summed E-state index contributed by atoms with van der Waals surface area (Å²) in [6.45, 7) is 6.37. The van der Waals surface area contributed by atoms with Crippen LogP contribution in [0.25, 0.3) is 11.3 Å². The van der Waals surface area contributed by atoms with Gasteiger partial charge in [-0.25, -0.2) is 4.79 Å². The van der Waals surface area contributed by atoms with Gasteiger partial charge in [0.1, 0.15) is 17.9 Å². The molecule has 1 aromatic heterocycles. The Morgan fingerprint density at radius 2 is 1.73 bits per heavy atom. The van der Waals surface area contributed by atoms with Crippen LogP contribution in [0, 0.1) is 0 Å². The fraction of sp³-hybridized carbons (Fsp3) is 0.238. The zero-order chi connectivity index (χ0) is 18.7. The second-order valence-electron chi connectivity index (χ2n) is 7.07. The summed E-state index contributed by atoms with van der Waals surface area (Å²) in [4.78, 5) is 11.7. The van der Waals surface area contributed by atoms with E-state index in [9.17, 15) is 9.90 Å². The van der Waals surface area contributed by atoms with Gasteiger partial charge in [-0.15, -0.1) is 0 Å². The van der Waals surface area contributed by atoms with Gasteiger partial charge in [-0.2, -0.15) is 5.10 Å². The lowest BCUT2D eigenvalue weighted by Gasteiger charge is -2.23. The maximum Gasteiger partial charge on any atom is 0.339 e. The highest BCUT2D eigenvalue weighted by Crippen LogP contribution is 2.35. The highest BCUT2D eigenvalue weighted by atomic mass is 16.5. The van der Waals surface area contributed by atoms with Crippen LogP contribution >= 0.6 is 0 Å². The Hall–Kier alpha value is -3.08. The van der Waals surface area contributed by atoms with Crippen LogP contribution in [0.3, 0.4) is 0 Å². The molecule has 3 rings (SSSR count). The molecule has 0 aliphatic heterocycles. The van der Waals surface area contributed by atoms with Crippen molar-refractivity contribution in [1.82, 2.24) is 9.78 Å². The molecule has 3 aromatic rings. The van der Waals surface area contributed by atoms with E-state index in [0.717, 1.165) is 5.56 Å². The van der Waals surface area contributed by atoms with Crippen molar-refractivity contribution in [2.45, 2.75) is 32.9 Å². The third-order valence-corrected chi connectivity index (χ3v) is 4.01. The molecule has 0 amide bonds. The molecule has 0 atom stereocenters. The summed E-state index contributed by atoms with van der Waals surface area (Å²) in [6, 6.07) is 17.3. The molecule has 0 radical (unpaired) electrons. The summed E-state index contributed by atoms with van der Waals surface area (Å²) in [7, 11) is 0. The summed E-state index contributed by atoms with van der Waals surface area (Å²) < 4.78 is 7.75. The van der Waals surface area contributed by atoms with Gasteiger partial charge >= 0.3 is 5.97 Å². The number of nitrogens with zero attached hydrogens (tertiary/aromatic N) is 2. The van der Waals surface area contributed by atoms with Gasteiger partial charge in [0.05, 0.1) is 17.4 Å².